The van der Waals surface area contributed by atoms with Crippen LogP contribution in [0.1, 0.15) is 21.5 Å². The summed E-state index contributed by atoms with van der Waals surface area (Å²) in [5, 5.41) is 0. The first kappa shape index (κ1) is 13.9. The molecule has 0 bridgehead atoms. The molecule has 0 aliphatic carbocycles. The van der Waals surface area contributed by atoms with E-state index in [2.05, 4.69) is 0 Å². The number of ketones is 1. The Bertz CT molecular complexity index is 650. The molecule has 0 fully saturated rings. The van der Waals surface area contributed by atoms with Crippen LogP contribution in [0.4, 0.5) is 10.1 Å². The fourth-order valence-corrected chi connectivity index (χ4v) is 1.89. The van der Waals surface area contributed by atoms with Crippen LogP contribution in [0.15, 0.2) is 42.5 Å². The van der Waals surface area contributed by atoms with E-state index < -0.39 is 5.82 Å². The lowest BCUT2D eigenvalue weighted by molar-refractivity contribution is -0.107. The van der Waals surface area contributed by atoms with Crippen LogP contribution in [0, 0.1) is 12.7 Å². The molecule has 2 aromatic rings. The van der Waals surface area contributed by atoms with Gasteiger partial charge in [-0.05, 0) is 42.8 Å². The number of anilines is 1. The summed E-state index contributed by atoms with van der Waals surface area (Å²) in [6.45, 7) is 1.62. The summed E-state index contributed by atoms with van der Waals surface area (Å²) >= 11 is 0. The predicted molar refractivity (Wildman–Crippen MR) is 75.5 cm³/mol. The fraction of sp³-hybridized carbons (Fsp3) is 0.125. The van der Waals surface area contributed by atoms with Crippen LogP contribution < -0.4 is 4.90 Å². The topological polar surface area (TPSA) is 37.4 Å². The van der Waals surface area contributed by atoms with E-state index in [-0.39, 0.29) is 11.3 Å². The number of halogens is 1. The van der Waals surface area contributed by atoms with Crippen molar-refractivity contribution in [2.75, 3.05) is 11.9 Å². The van der Waals surface area contributed by atoms with E-state index in [0.29, 0.717) is 23.2 Å². The van der Waals surface area contributed by atoms with Gasteiger partial charge in [-0.3, -0.25) is 9.59 Å². The Labute approximate surface area is 116 Å². The largest absolute Gasteiger partial charge is 0.318 e. The Hall–Kier alpha value is -2.49. The third-order valence-electron chi connectivity index (χ3n) is 3.13. The van der Waals surface area contributed by atoms with Crippen LogP contribution in [0.2, 0.25) is 0 Å². The summed E-state index contributed by atoms with van der Waals surface area (Å²) in [5.41, 5.74) is 1.55. The van der Waals surface area contributed by atoms with E-state index in [1.165, 1.54) is 11.0 Å². The molecule has 0 atom stereocenters. The minimum Gasteiger partial charge on any atom is -0.318 e. The van der Waals surface area contributed by atoms with E-state index in [0.717, 1.165) is 0 Å². The van der Waals surface area contributed by atoms with Crippen molar-refractivity contribution in [1.82, 2.24) is 0 Å². The van der Waals surface area contributed by atoms with Crippen LogP contribution in [0.3, 0.4) is 0 Å². The summed E-state index contributed by atoms with van der Waals surface area (Å²) in [5.74, 6) is -0.863. The molecule has 0 saturated carbocycles. The normalized spacial score (nSPS) is 10.2. The number of carbonyl (C=O) groups excluding carboxylic acids is 2. The van der Waals surface area contributed by atoms with Gasteiger partial charge in [0.25, 0.3) is 0 Å². The van der Waals surface area contributed by atoms with Crippen molar-refractivity contribution >= 4 is 17.9 Å². The van der Waals surface area contributed by atoms with Gasteiger partial charge in [0.2, 0.25) is 6.41 Å². The van der Waals surface area contributed by atoms with Gasteiger partial charge in [-0.2, -0.15) is 0 Å². The highest BCUT2D eigenvalue weighted by Crippen LogP contribution is 2.19. The van der Waals surface area contributed by atoms with Crippen molar-refractivity contribution in [3.8, 4) is 0 Å². The maximum absolute atomic E-state index is 13.9. The zero-order chi connectivity index (χ0) is 14.7. The smallest absolute Gasteiger partial charge is 0.213 e. The highest BCUT2D eigenvalue weighted by Gasteiger charge is 2.15. The number of amides is 1. The Morgan fingerprint density at radius 1 is 1.15 bits per heavy atom. The number of nitrogens with zero attached hydrogens (tertiary/aromatic N) is 1. The second-order valence-electron chi connectivity index (χ2n) is 4.53. The lowest BCUT2D eigenvalue weighted by atomic mass is 10.0. The second kappa shape index (κ2) is 5.65. The van der Waals surface area contributed by atoms with Crippen LogP contribution >= 0.6 is 0 Å². The zero-order valence-electron chi connectivity index (χ0n) is 11.3. The molecule has 0 radical (unpaired) electrons. The lowest BCUT2D eigenvalue weighted by Crippen LogP contribution is -2.13. The maximum atomic E-state index is 13.9. The highest BCUT2D eigenvalue weighted by atomic mass is 19.1. The summed E-state index contributed by atoms with van der Waals surface area (Å²) in [6.07, 6.45) is 0.678. The minimum absolute atomic E-state index is 0.0569. The average molecular weight is 271 g/mol. The molecule has 0 spiro atoms. The molecule has 4 heteroatoms. The molecule has 0 aliphatic heterocycles. The molecule has 3 nitrogen and oxygen atoms in total. The number of carbonyl (C=O) groups is 2. The lowest BCUT2D eigenvalue weighted by Gasteiger charge is -2.11. The number of aryl methyl sites for hydroxylation is 1. The van der Waals surface area contributed by atoms with Crippen molar-refractivity contribution in [1.29, 1.82) is 0 Å². The zero-order valence-corrected chi connectivity index (χ0v) is 11.3. The molecule has 0 unspecified atom stereocenters. The Kier molecular flexibility index (Phi) is 3.94. The van der Waals surface area contributed by atoms with Gasteiger partial charge in [-0.15, -0.1) is 0 Å². The van der Waals surface area contributed by atoms with Gasteiger partial charge in [-0.1, -0.05) is 12.1 Å². The maximum Gasteiger partial charge on any atom is 0.213 e. The molecular weight excluding hydrogens is 257 g/mol. The monoisotopic (exact) mass is 271 g/mol. The van der Waals surface area contributed by atoms with Crippen LogP contribution in [-0.4, -0.2) is 19.2 Å². The van der Waals surface area contributed by atoms with E-state index in [9.17, 15) is 14.0 Å². The SMILES string of the molecule is Cc1cccc(C(=O)c2ccc(N(C)C=O)cc2)c1F. The number of benzene rings is 2. The quantitative estimate of drug-likeness (QED) is 0.633. The van der Waals surface area contributed by atoms with E-state index >= 15 is 0 Å². The molecule has 1 amide bonds. The van der Waals surface area contributed by atoms with Gasteiger partial charge in [-0.25, -0.2) is 4.39 Å². The Morgan fingerprint density at radius 3 is 2.40 bits per heavy atom. The summed E-state index contributed by atoms with van der Waals surface area (Å²) in [4.78, 5) is 24.3. The molecule has 102 valence electrons. The summed E-state index contributed by atoms with van der Waals surface area (Å²) in [7, 11) is 1.62. The van der Waals surface area contributed by atoms with E-state index in [1.54, 1.807) is 50.4 Å². The van der Waals surface area contributed by atoms with Gasteiger partial charge in [0.1, 0.15) is 5.82 Å². The third-order valence-corrected chi connectivity index (χ3v) is 3.13. The van der Waals surface area contributed by atoms with E-state index in [1.807, 2.05) is 0 Å². The standard InChI is InChI=1S/C16H14FNO2/c1-11-4-3-5-14(15(11)17)16(20)12-6-8-13(9-7-12)18(2)10-19/h3-10H,1-2H3. The van der Waals surface area contributed by atoms with Gasteiger partial charge in [0.15, 0.2) is 5.78 Å². The van der Waals surface area contributed by atoms with Crippen LogP contribution in [-0.2, 0) is 4.79 Å². The van der Waals surface area contributed by atoms with Gasteiger partial charge in [0.05, 0.1) is 5.56 Å². The second-order valence-corrected chi connectivity index (χ2v) is 4.53. The number of hydrogen-bond acceptors (Lipinski definition) is 2. The number of rotatable bonds is 4. The third kappa shape index (κ3) is 2.59. The first-order chi connectivity index (χ1) is 9.54. The van der Waals surface area contributed by atoms with Crippen molar-refractivity contribution in [3.63, 3.8) is 0 Å². The Balaban J connectivity index is 2.34. The molecular formula is C16H14FNO2. The molecule has 20 heavy (non-hydrogen) atoms. The molecule has 0 aliphatic rings. The fourth-order valence-electron chi connectivity index (χ4n) is 1.89. The highest BCUT2D eigenvalue weighted by molar-refractivity contribution is 6.09. The van der Waals surface area contributed by atoms with Crippen molar-refractivity contribution in [3.05, 3.63) is 65.0 Å². The van der Waals surface area contributed by atoms with Crippen molar-refractivity contribution in [2.24, 2.45) is 0 Å². The molecule has 0 heterocycles. The first-order valence-electron chi connectivity index (χ1n) is 6.12. The minimum atomic E-state index is -0.494. The average Bonchev–Trinajstić information content (AvgIpc) is 2.48. The molecule has 2 rings (SSSR count). The summed E-state index contributed by atoms with van der Waals surface area (Å²) in [6, 6.07) is 11.2. The molecule has 0 saturated heterocycles. The van der Waals surface area contributed by atoms with Gasteiger partial charge >= 0.3 is 0 Å². The van der Waals surface area contributed by atoms with Gasteiger partial charge in [0, 0.05) is 18.3 Å². The Morgan fingerprint density at radius 2 is 1.80 bits per heavy atom. The molecule has 2 aromatic carbocycles. The van der Waals surface area contributed by atoms with E-state index in [4.69, 9.17) is 0 Å². The summed E-state index contributed by atoms with van der Waals surface area (Å²) < 4.78 is 13.9. The van der Waals surface area contributed by atoms with Crippen LogP contribution in [0.5, 0.6) is 0 Å². The molecule has 0 N–H and O–H groups in total. The van der Waals surface area contributed by atoms with Gasteiger partial charge < -0.3 is 4.90 Å². The van der Waals surface area contributed by atoms with Crippen LogP contribution in [0.25, 0.3) is 0 Å². The predicted octanol–water partition coefficient (Wildman–Crippen LogP) is 2.96. The first-order valence-corrected chi connectivity index (χ1v) is 6.12. The van der Waals surface area contributed by atoms with Crippen molar-refractivity contribution < 1.29 is 14.0 Å². The molecule has 0 aromatic heterocycles. The van der Waals surface area contributed by atoms with Crippen molar-refractivity contribution in [2.45, 2.75) is 6.92 Å². The number of hydrogen-bond donors (Lipinski definition) is 0.